The number of fused-ring (bicyclic) bond motifs is 1. The van der Waals surface area contributed by atoms with E-state index in [0.717, 1.165) is 5.56 Å². The van der Waals surface area contributed by atoms with Gasteiger partial charge in [0.05, 0.1) is 12.9 Å². The van der Waals surface area contributed by atoms with Crippen LogP contribution in [0.3, 0.4) is 0 Å². The third-order valence-electron chi connectivity index (χ3n) is 4.59. The van der Waals surface area contributed by atoms with E-state index in [9.17, 15) is 14.0 Å². The Morgan fingerprint density at radius 1 is 1.13 bits per heavy atom. The second-order valence-electron chi connectivity index (χ2n) is 6.59. The van der Waals surface area contributed by atoms with Gasteiger partial charge < -0.3 is 14.8 Å². The summed E-state index contributed by atoms with van der Waals surface area (Å²) in [5, 5.41) is 4.91. The second kappa shape index (κ2) is 8.97. The van der Waals surface area contributed by atoms with E-state index in [0.29, 0.717) is 27.5 Å². The maximum Gasteiger partial charge on any atom is 0.341 e. The molecule has 0 aliphatic carbocycles. The average molecular weight is 435 g/mol. The number of rotatable bonds is 5. The molecule has 2 heterocycles. The predicted octanol–water partition coefficient (Wildman–Crippen LogP) is 5.66. The van der Waals surface area contributed by atoms with Crippen molar-refractivity contribution < 1.29 is 23.5 Å². The summed E-state index contributed by atoms with van der Waals surface area (Å²) in [4.78, 5) is 25.6. The van der Waals surface area contributed by atoms with Crippen LogP contribution in [-0.2, 0) is 9.53 Å². The van der Waals surface area contributed by atoms with E-state index in [1.807, 2.05) is 24.3 Å². The zero-order valence-electron chi connectivity index (χ0n) is 16.6. The minimum Gasteiger partial charge on any atom is -0.464 e. The number of thiophene rings is 1. The van der Waals surface area contributed by atoms with E-state index in [-0.39, 0.29) is 18.0 Å². The molecule has 0 atom stereocenters. The highest BCUT2D eigenvalue weighted by molar-refractivity contribution is 7.15. The van der Waals surface area contributed by atoms with Crippen LogP contribution in [0.5, 0.6) is 5.75 Å². The highest BCUT2D eigenvalue weighted by Crippen LogP contribution is 2.37. The van der Waals surface area contributed by atoms with Crippen LogP contribution < -0.4 is 10.1 Å². The molecule has 2 aromatic carbocycles. The Labute approximate surface area is 182 Å². The molecule has 0 radical (unpaired) electrons. The molecule has 31 heavy (non-hydrogen) atoms. The minimum atomic E-state index is -0.558. The molecule has 7 heteroatoms. The maximum atomic E-state index is 13.3. The Kier molecular flexibility index (Phi) is 5.95. The number of para-hydroxylation sites is 1. The molecule has 5 nitrogen and oxygen atoms in total. The number of hydrogen-bond donors (Lipinski definition) is 1. The second-order valence-corrected chi connectivity index (χ2v) is 7.47. The molecule has 0 spiro atoms. The molecule has 3 aromatic rings. The van der Waals surface area contributed by atoms with E-state index in [1.165, 1.54) is 29.7 Å². The third-order valence-corrected chi connectivity index (χ3v) is 5.48. The number of carbonyl (C=O) groups excluding carboxylic acids is 2. The van der Waals surface area contributed by atoms with Crippen molar-refractivity contribution in [3.8, 4) is 16.9 Å². The Morgan fingerprint density at radius 3 is 2.68 bits per heavy atom. The topological polar surface area (TPSA) is 64.6 Å². The van der Waals surface area contributed by atoms with Crippen LogP contribution in [0.15, 0.2) is 71.8 Å². The molecule has 0 unspecified atom stereocenters. The SMILES string of the molecule is CCOC(=O)c1c(-c2ccc(F)cc2)csc1NC(=O)C1=Cc2ccccc2OC=C1. The molecular weight excluding hydrogens is 417 g/mol. The van der Waals surface area contributed by atoms with Gasteiger partial charge >= 0.3 is 5.97 Å². The lowest BCUT2D eigenvalue weighted by Gasteiger charge is -2.09. The fourth-order valence-electron chi connectivity index (χ4n) is 3.12. The molecule has 1 aliphatic rings. The van der Waals surface area contributed by atoms with Crippen molar-refractivity contribution in [2.45, 2.75) is 6.92 Å². The predicted molar refractivity (Wildman–Crippen MR) is 118 cm³/mol. The number of nitrogens with one attached hydrogen (secondary N) is 1. The Balaban J connectivity index is 1.68. The van der Waals surface area contributed by atoms with Gasteiger partial charge in [-0.3, -0.25) is 4.79 Å². The minimum absolute atomic E-state index is 0.187. The van der Waals surface area contributed by atoms with Crippen LogP contribution in [-0.4, -0.2) is 18.5 Å². The fourth-order valence-corrected chi connectivity index (χ4v) is 4.07. The first kappa shape index (κ1) is 20.6. The standard InChI is InChI=1S/C24H18FNO4S/c1-2-29-24(28)21-19(15-7-9-18(25)10-8-15)14-31-23(21)26-22(27)17-11-12-30-20-6-4-3-5-16(20)13-17/h3-14H,2H2,1H3,(H,26,27). The number of hydrogen-bond acceptors (Lipinski definition) is 5. The number of halogens is 1. The van der Waals surface area contributed by atoms with Gasteiger partial charge in [0.15, 0.2) is 0 Å². The first-order chi connectivity index (χ1) is 15.1. The van der Waals surface area contributed by atoms with Gasteiger partial charge in [0.25, 0.3) is 5.91 Å². The summed E-state index contributed by atoms with van der Waals surface area (Å²) in [6, 6.07) is 13.2. The molecule has 0 saturated carbocycles. The molecule has 1 amide bonds. The van der Waals surface area contributed by atoms with Crippen molar-refractivity contribution in [3.63, 3.8) is 0 Å². The molecule has 0 saturated heterocycles. The van der Waals surface area contributed by atoms with Crippen LogP contribution in [0.25, 0.3) is 17.2 Å². The summed E-state index contributed by atoms with van der Waals surface area (Å²) in [5.41, 5.74) is 2.59. The molecule has 0 fully saturated rings. The van der Waals surface area contributed by atoms with E-state index in [2.05, 4.69) is 5.32 Å². The van der Waals surface area contributed by atoms with Crippen LogP contribution >= 0.6 is 11.3 Å². The Bertz CT molecular complexity index is 1190. The smallest absolute Gasteiger partial charge is 0.341 e. The Morgan fingerprint density at radius 2 is 1.90 bits per heavy atom. The molecule has 1 aliphatic heterocycles. The highest BCUT2D eigenvalue weighted by Gasteiger charge is 2.24. The van der Waals surface area contributed by atoms with Gasteiger partial charge in [-0.1, -0.05) is 30.3 Å². The van der Waals surface area contributed by atoms with Gasteiger partial charge in [-0.05, 0) is 42.8 Å². The highest BCUT2D eigenvalue weighted by atomic mass is 32.1. The summed E-state index contributed by atoms with van der Waals surface area (Å²) in [5.74, 6) is -0.685. The van der Waals surface area contributed by atoms with Gasteiger partial charge in [-0.25, -0.2) is 9.18 Å². The first-order valence-electron chi connectivity index (χ1n) is 9.56. The summed E-state index contributed by atoms with van der Waals surface area (Å²) < 4.78 is 24.1. The van der Waals surface area contributed by atoms with E-state index in [1.54, 1.807) is 36.6 Å². The zero-order chi connectivity index (χ0) is 21.8. The van der Waals surface area contributed by atoms with Gasteiger partial charge in [0.1, 0.15) is 22.1 Å². The summed E-state index contributed by atoms with van der Waals surface area (Å²) in [6.07, 6.45) is 4.72. The van der Waals surface area contributed by atoms with Gasteiger partial charge in [-0.2, -0.15) is 0 Å². The van der Waals surface area contributed by atoms with E-state index in [4.69, 9.17) is 9.47 Å². The normalized spacial score (nSPS) is 12.3. The number of anilines is 1. The van der Waals surface area contributed by atoms with Crippen LogP contribution in [0.1, 0.15) is 22.8 Å². The summed E-state index contributed by atoms with van der Waals surface area (Å²) >= 11 is 1.20. The van der Waals surface area contributed by atoms with Crippen LogP contribution in [0.4, 0.5) is 9.39 Å². The van der Waals surface area contributed by atoms with Gasteiger partial charge in [0, 0.05) is 22.1 Å². The molecular formula is C24H18FNO4S. The van der Waals surface area contributed by atoms with Crippen LogP contribution in [0.2, 0.25) is 0 Å². The summed E-state index contributed by atoms with van der Waals surface area (Å²) in [6.45, 7) is 1.89. The maximum absolute atomic E-state index is 13.3. The molecule has 156 valence electrons. The van der Waals surface area contributed by atoms with Crippen LogP contribution in [0, 0.1) is 5.82 Å². The lowest BCUT2D eigenvalue weighted by molar-refractivity contribution is -0.112. The molecule has 0 bridgehead atoms. The van der Waals surface area contributed by atoms with Crippen molar-refractivity contribution >= 4 is 34.3 Å². The van der Waals surface area contributed by atoms with Crippen molar-refractivity contribution in [2.75, 3.05) is 11.9 Å². The zero-order valence-corrected chi connectivity index (χ0v) is 17.4. The van der Waals surface area contributed by atoms with Crippen molar-refractivity contribution in [3.05, 3.63) is 88.8 Å². The monoisotopic (exact) mass is 435 g/mol. The average Bonchev–Trinajstić information content (AvgIpc) is 3.05. The lowest BCUT2D eigenvalue weighted by atomic mass is 10.0. The molecule has 1 N–H and O–H groups in total. The Hall–Kier alpha value is -3.71. The van der Waals surface area contributed by atoms with Gasteiger partial charge in [0.2, 0.25) is 0 Å². The summed E-state index contributed by atoms with van der Waals surface area (Å²) in [7, 11) is 0. The van der Waals surface area contributed by atoms with Gasteiger partial charge in [-0.15, -0.1) is 11.3 Å². The number of amides is 1. The lowest BCUT2D eigenvalue weighted by Crippen LogP contribution is -2.15. The van der Waals surface area contributed by atoms with E-state index < -0.39 is 11.9 Å². The molecule has 4 rings (SSSR count). The number of ether oxygens (including phenoxy) is 2. The van der Waals surface area contributed by atoms with Crippen molar-refractivity contribution in [1.82, 2.24) is 0 Å². The first-order valence-corrected chi connectivity index (χ1v) is 10.4. The number of carbonyl (C=O) groups is 2. The van der Waals surface area contributed by atoms with Crippen molar-refractivity contribution in [2.24, 2.45) is 0 Å². The fraction of sp³-hybridized carbons (Fsp3) is 0.0833. The number of benzene rings is 2. The molecule has 1 aromatic heterocycles. The number of esters is 1. The van der Waals surface area contributed by atoms with Crippen molar-refractivity contribution in [1.29, 1.82) is 0 Å². The third kappa shape index (κ3) is 4.41. The largest absolute Gasteiger partial charge is 0.464 e. The quantitative estimate of drug-likeness (QED) is 0.525. The van der Waals surface area contributed by atoms with E-state index >= 15 is 0 Å².